The van der Waals surface area contributed by atoms with Crippen molar-refractivity contribution >= 4 is 22.9 Å². The Balaban J connectivity index is 2.16. The number of fused-ring (bicyclic) bond motifs is 1. The van der Waals surface area contributed by atoms with Crippen LogP contribution in [0.1, 0.15) is 29.6 Å². The molecule has 0 bridgehead atoms. The number of nitrogens with one attached hydrogen (secondary N) is 1. The smallest absolute Gasteiger partial charge is 0.152 e. The Hall–Kier alpha value is -1.77. The SMILES string of the molecule is O=Cc1ccc2cc[nH]c2c1N1CCCCC1. The number of anilines is 1. The van der Waals surface area contributed by atoms with Gasteiger partial charge in [0.15, 0.2) is 6.29 Å². The third-order valence-electron chi connectivity index (χ3n) is 3.53. The molecule has 3 nitrogen and oxygen atoms in total. The van der Waals surface area contributed by atoms with E-state index >= 15 is 0 Å². The van der Waals surface area contributed by atoms with Crippen molar-refractivity contribution < 1.29 is 4.79 Å². The van der Waals surface area contributed by atoms with Crippen molar-refractivity contribution in [1.29, 1.82) is 0 Å². The largest absolute Gasteiger partial charge is 0.369 e. The van der Waals surface area contributed by atoms with Crippen molar-refractivity contribution in [1.82, 2.24) is 4.98 Å². The zero-order valence-corrected chi connectivity index (χ0v) is 9.78. The third kappa shape index (κ3) is 1.71. The zero-order valence-electron chi connectivity index (χ0n) is 9.78. The van der Waals surface area contributed by atoms with E-state index in [0.29, 0.717) is 0 Å². The van der Waals surface area contributed by atoms with Crippen molar-refractivity contribution in [3.63, 3.8) is 0 Å². The maximum absolute atomic E-state index is 11.2. The average Bonchev–Trinajstić information content (AvgIpc) is 2.86. The second-order valence-corrected chi connectivity index (χ2v) is 4.61. The number of aldehydes is 1. The van der Waals surface area contributed by atoms with E-state index in [1.807, 2.05) is 18.3 Å². The predicted octanol–water partition coefficient (Wildman–Crippen LogP) is 2.97. The van der Waals surface area contributed by atoms with Gasteiger partial charge in [-0.3, -0.25) is 4.79 Å². The highest BCUT2D eigenvalue weighted by Crippen LogP contribution is 2.31. The molecule has 0 saturated carbocycles. The number of piperidine rings is 1. The first-order valence-electron chi connectivity index (χ1n) is 6.20. The van der Waals surface area contributed by atoms with Crippen LogP contribution in [0, 0.1) is 0 Å². The first-order chi connectivity index (χ1) is 8.40. The van der Waals surface area contributed by atoms with Gasteiger partial charge in [0.05, 0.1) is 11.2 Å². The molecule has 1 aromatic carbocycles. The highest BCUT2D eigenvalue weighted by Gasteiger charge is 2.17. The normalized spacial score (nSPS) is 16.4. The van der Waals surface area contributed by atoms with Crippen LogP contribution in [0.2, 0.25) is 0 Å². The van der Waals surface area contributed by atoms with Crippen molar-refractivity contribution in [2.45, 2.75) is 19.3 Å². The lowest BCUT2D eigenvalue weighted by atomic mass is 10.1. The maximum atomic E-state index is 11.2. The van der Waals surface area contributed by atoms with E-state index < -0.39 is 0 Å². The van der Waals surface area contributed by atoms with Crippen molar-refractivity contribution in [3.05, 3.63) is 30.0 Å². The number of hydrogen-bond acceptors (Lipinski definition) is 2. The summed E-state index contributed by atoms with van der Waals surface area (Å²) >= 11 is 0. The molecule has 88 valence electrons. The number of benzene rings is 1. The molecule has 17 heavy (non-hydrogen) atoms. The quantitative estimate of drug-likeness (QED) is 0.802. The molecule has 0 unspecified atom stereocenters. The van der Waals surface area contributed by atoms with Crippen LogP contribution in [0.5, 0.6) is 0 Å². The molecule has 3 heteroatoms. The molecule has 1 N–H and O–H groups in total. The lowest BCUT2D eigenvalue weighted by Crippen LogP contribution is -2.30. The second kappa shape index (κ2) is 4.24. The molecule has 1 aromatic heterocycles. The lowest BCUT2D eigenvalue weighted by molar-refractivity contribution is 0.112. The minimum Gasteiger partial charge on any atom is -0.369 e. The molecule has 0 radical (unpaired) electrons. The van der Waals surface area contributed by atoms with Gasteiger partial charge in [-0.15, -0.1) is 0 Å². The number of aromatic amines is 1. The van der Waals surface area contributed by atoms with Gasteiger partial charge in [-0.2, -0.15) is 0 Å². The molecule has 1 saturated heterocycles. The summed E-state index contributed by atoms with van der Waals surface area (Å²) in [5.41, 5.74) is 2.97. The Morgan fingerprint density at radius 3 is 2.71 bits per heavy atom. The van der Waals surface area contributed by atoms with Crippen LogP contribution < -0.4 is 4.90 Å². The van der Waals surface area contributed by atoms with Crippen molar-refractivity contribution in [2.24, 2.45) is 0 Å². The van der Waals surface area contributed by atoms with Crippen LogP contribution in [0.4, 0.5) is 5.69 Å². The Labute approximate surface area is 100 Å². The fourth-order valence-corrected chi connectivity index (χ4v) is 2.68. The molecular formula is C14H16N2O. The number of carbonyl (C=O) groups excluding carboxylic acids is 1. The van der Waals surface area contributed by atoms with E-state index in [4.69, 9.17) is 0 Å². The summed E-state index contributed by atoms with van der Waals surface area (Å²) in [6, 6.07) is 5.98. The molecule has 0 atom stereocenters. The van der Waals surface area contributed by atoms with Gasteiger partial charge in [-0.1, -0.05) is 6.07 Å². The van der Waals surface area contributed by atoms with Gasteiger partial charge < -0.3 is 9.88 Å². The summed E-state index contributed by atoms with van der Waals surface area (Å²) in [6.07, 6.45) is 6.63. The Kier molecular flexibility index (Phi) is 2.59. The summed E-state index contributed by atoms with van der Waals surface area (Å²) in [4.78, 5) is 16.8. The topological polar surface area (TPSA) is 36.1 Å². The summed E-state index contributed by atoms with van der Waals surface area (Å²) in [5, 5.41) is 1.18. The number of aromatic nitrogens is 1. The summed E-state index contributed by atoms with van der Waals surface area (Å²) in [5.74, 6) is 0. The molecule has 0 spiro atoms. The highest BCUT2D eigenvalue weighted by atomic mass is 16.1. The molecule has 1 aliphatic rings. The molecule has 0 aliphatic carbocycles. The minimum atomic E-state index is 0.793. The van der Waals surface area contributed by atoms with Crippen LogP contribution in [-0.2, 0) is 0 Å². The highest BCUT2D eigenvalue weighted by molar-refractivity contribution is 6.00. The number of rotatable bonds is 2. The van der Waals surface area contributed by atoms with E-state index in [0.717, 1.165) is 36.1 Å². The minimum absolute atomic E-state index is 0.793. The van der Waals surface area contributed by atoms with E-state index in [1.165, 1.54) is 24.6 Å². The standard InChI is InChI=1S/C14H16N2O/c17-10-12-5-4-11-6-7-15-13(11)14(12)16-8-2-1-3-9-16/h4-7,10,15H,1-3,8-9H2. The third-order valence-corrected chi connectivity index (χ3v) is 3.53. The van der Waals surface area contributed by atoms with Gasteiger partial charge >= 0.3 is 0 Å². The molecular weight excluding hydrogens is 212 g/mol. The molecule has 2 aromatic rings. The first kappa shape index (κ1) is 10.4. The van der Waals surface area contributed by atoms with Crippen LogP contribution in [0.25, 0.3) is 10.9 Å². The van der Waals surface area contributed by atoms with Crippen LogP contribution >= 0.6 is 0 Å². The number of hydrogen-bond donors (Lipinski definition) is 1. The Morgan fingerprint density at radius 1 is 1.12 bits per heavy atom. The monoisotopic (exact) mass is 228 g/mol. The van der Waals surface area contributed by atoms with Gasteiger partial charge in [0.2, 0.25) is 0 Å². The summed E-state index contributed by atoms with van der Waals surface area (Å²) < 4.78 is 0. The molecule has 0 amide bonds. The Bertz CT molecular complexity index is 538. The van der Waals surface area contributed by atoms with Gasteiger partial charge in [0, 0.05) is 30.2 Å². The molecule has 1 fully saturated rings. The van der Waals surface area contributed by atoms with E-state index in [-0.39, 0.29) is 0 Å². The van der Waals surface area contributed by atoms with Crippen LogP contribution in [-0.4, -0.2) is 24.4 Å². The lowest BCUT2D eigenvalue weighted by Gasteiger charge is -2.30. The fourth-order valence-electron chi connectivity index (χ4n) is 2.68. The number of nitrogens with zero attached hydrogens (tertiary/aromatic N) is 1. The van der Waals surface area contributed by atoms with Gasteiger partial charge in [0.25, 0.3) is 0 Å². The van der Waals surface area contributed by atoms with E-state index in [9.17, 15) is 4.79 Å². The predicted molar refractivity (Wildman–Crippen MR) is 69.8 cm³/mol. The second-order valence-electron chi connectivity index (χ2n) is 4.61. The number of carbonyl (C=O) groups is 1. The zero-order chi connectivity index (χ0) is 11.7. The molecule has 3 rings (SSSR count). The van der Waals surface area contributed by atoms with Crippen LogP contribution in [0.3, 0.4) is 0 Å². The molecule has 1 aliphatic heterocycles. The van der Waals surface area contributed by atoms with Gasteiger partial charge in [-0.25, -0.2) is 0 Å². The van der Waals surface area contributed by atoms with Gasteiger partial charge in [0.1, 0.15) is 0 Å². The Morgan fingerprint density at radius 2 is 1.94 bits per heavy atom. The maximum Gasteiger partial charge on any atom is 0.152 e. The fraction of sp³-hybridized carbons (Fsp3) is 0.357. The van der Waals surface area contributed by atoms with Crippen LogP contribution in [0.15, 0.2) is 24.4 Å². The van der Waals surface area contributed by atoms with E-state index in [1.54, 1.807) is 0 Å². The van der Waals surface area contributed by atoms with E-state index in [2.05, 4.69) is 16.0 Å². The van der Waals surface area contributed by atoms with Crippen molar-refractivity contribution in [2.75, 3.05) is 18.0 Å². The number of H-pyrrole nitrogens is 1. The summed E-state index contributed by atoms with van der Waals surface area (Å²) in [7, 11) is 0. The van der Waals surface area contributed by atoms with Gasteiger partial charge in [-0.05, 0) is 31.4 Å². The average molecular weight is 228 g/mol. The first-order valence-corrected chi connectivity index (χ1v) is 6.20. The molecule has 2 heterocycles. The summed E-state index contributed by atoms with van der Waals surface area (Å²) in [6.45, 7) is 2.11. The van der Waals surface area contributed by atoms with Crippen molar-refractivity contribution in [3.8, 4) is 0 Å².